The van der Waals surface area contributed by atoms with E-state index in [2.05, 4.69) is 170 Å². The topological polar surface area (TPSA) is 3.24 Å². The van der Waals surface area contributed by atoms with Crippen molar-refractivity contribution in [3.8, 4) is 22.3 Å². The number of hydrogen-bond donors (Lipinski definition) is 0. The lowest BCUT2D eigenvalue weighted by Gasteiger charge is -2.29. The Morgan fingerprint density at radius 1 is 0.429 bits per heavy atom. The lowest BCUT2D eigenvalue weighted by atomic mass is 9.81. The molecular formula is C41H31N. The highest BCUT2D eigenvalue weighted by atomic mass is 15.1. The normalized spacial score (nSPS) is 13.2. The quantitative estimate of drug-likeness (QED) is 0.202. The van der Waals surface area contributed by atoms with Crippen molar-refractivity contribution < 1.29 is 0 Å². The van der Waals surface area contributed by atoms with Gasteiger partial charge in [-0.15, -0.1) is 0 Å². The van der Waals surface area contributed by atoms with Gasteiger partial charge in [-0.1, -0.05) is 135 Å². The Labute approximate surface area is 247 Å². The molecule has 0 atom stereocenters. The Hall–Kier alpha value is -5.14. The molecule has 0 N–H and O–H groups in total. The summed E-state index contributed by atoms with van der Waals surface area (Å²) in [6.07, 6.45) is 0. The SMILES string of the molecule is CC1(C)c2ccccc2-c2ccc(-c3c4ccccc4c(N(c4ccccc4)c4ccccc4)c4ccccc34)cc21. The number of fused-ring (bicyclic) bond motifs is 5. The van der Waals surface area contributed by atoms with Crippen LogP contribution in [0.25, 0.3) is 43.8 Å². The van der Waals surface area contributed by atoms with Gasteiger partial charge in [0.05, 0.1) is 5.69 Å². The summed E-state index contributed by atoms with van der Waals surface area (Å²) in [6, 6.07) is 55.3. The van der Waals surface area contributed by atoms with Gasteiger partial charge < -0.3 is 4.90 Å². The Bertz CT molecular complexity index is 2010. The molecule has 1 nitrogen and oxygen atoms in total. The zero-order chi connectivity index (χ0) is 28.3. The van der Waals surface area contributed by atoms with Gasteiger partial charge in [0.25, 0.3) is 0 Å². The van der Waals surface area contributed by atoms with Crippen molar-refractivity contribution in [1.29, 1.82) is 0 Å². The monoisotopic (exact) mass is 537 g/mol. The minimum Gasteiger partial charge on any atom is -0.309 e. The minimum atomic E-state index is -0.0507. The summed E-state index contributed by atoms with van der Waals surface area (Å²) in [5.41, 5.74) is 11.5. The number of anilines is 3. The summed E-state index contributed by atoms with van der Waals surface area (Å²) in [5, 5.41) is 5.00. The molecule has 7 aromatic rings. The van der Waals surface area contributed by atoms with Crippen molar-refractivity contribution in [1.82, 2.24) is 0 Å². The molecule has 0 saturated heterocycles. The van der Waals surface area contributed by atoms with Crippen molar-refractivity contribution in [2.75, 3.05) is 4.90 Å². The van der Waals surface area contributed by atoms with Crippen LogP contribution in [-0.2, 0) is 5.41 Å². The average Bonchev–Trinajstić information content (AvgIpc) is 3.28. The molecule has 0 aromatic heterocycles. The lowest BCUT2D eigenvalue weighted by molar-refractivity contribution is 0.660. The van der Waals surface area contributed by atoms with Gasteiger partial charge >= 0.3 is 0 Å². The second-order valence-electron chi connectivity index (χ2n) is 11.8. The van der Waals surface area contributed by atoms with Crippen LogP contribution in [0.1, 0.15) is 25.0 Å². The van der Waals surface area contributed by atoms with E-state index in [0.29, 0.717) is 0 Å². The van der Waals surface area contributed by atoms with Crippen molar-refractivity contribution in [3.05, 3.63) is 163 Å². The average molecular weight is 538 g/mol. The second-order valence-corrected chi connectivity index (χ2v) is 11.8. The Morgan fingerprint density at radius 3 is 1.50 bits per heavy atom. The molecule has 0 heterocycles. The van der Waals surface area contributed by atoms with E-state index >= 15 is 0 Å². The summed E-state index contributed by atoms with van der Waals surface area (Å²) in [7, 11) is 0. The smallest absolute Gasteiger partial charge is 0.0618 e. The number of para-hydroxylation sites is 2. The third-order valence-electron chi connectivity index (χ3n) is 9.03. The predicted molar refractivity (Wildman–Crippen MR) is 179 cm³/mol. The van der Waals surface area contributed by atoms with Crippen LogP contribution < -0.4 is 4.90 Å². The van der Waals surface area contributed by atoms with Crippen molar-refractivity contribution >= 4 is 38.6 Å². The third kappa shape index (κ3) is 3.63. The summed E-state index contributed by atoms with van der Waals surface area (Å²) in [5.74, 6) is 0. The molecule has 1 heteroatoms. The summed E-state index contributed by atoms with van der Waals surface area (Å²) in [6.45, 7) is 4.72. The highest BCUT2D eigenvalue weighted by Gasteiger charge is 2.35. The maximum Gasteiger partial charge on any atom is 0.0618 e. The first-order valence-corrected chi connectivity index (χ1v) is 14.7. The molecule has 0 spiro atoms. The van der Waals surface area contributed by atoms with Crippen LogP contribution >= 0.6 is 0 Å². The number of nitrogens with zero attached hydrogens (tertiary/aromatic N) is 1. The number of benzene rings is 7. The Morgan fingerprint density at radius 2 is 0.905 bits per heavy atom. The lowest BCUT2D eigenvalue weighted by Crippen LogP contribution is -2.15. The zero-order valence-corrected chi connectivity index (χ0v) is 23.9. The fourth-order valence-electron chi connectivity index (χ4n) is 7.08. The van der Waals surface area contributed by atoms with Crippen LogP contribution in [0.15, 0.2) is 152 Å². The third-order valence-corrected chi connectivity index (χ3v) is 9.03. The second kappa shape index (κ2) is 9.46. The number of rotatable bonds is 4. The van der Waals surface area contributed by atoms with Crippen LogP contribution in [0, 0.1) is 0 Å². The van der Waals surface area contributed by atoms with E-state index in [1.807, 2.05) is 0 Å². The van der Waals surface area contributed by atoms with Crippen molar-refractivity contribution in [3.63, 3.8) is 0 Å². The molecule has 1 aliphatic rings. The Kier molecular flexibility index (Phi) is 5.55. The molecule has 42 heavy (non-hydrogen) atoms. The maximum absolute atomic E-state index is 2.45. The van der Waals surface area contributed by atoms with E-state index in [9.17, 15) is 0 Å². The summed E-state index contributed by atoms with van der Waals surface area (Å²) in [4.78, 5) is 2.41. The van der Waals surface area contributed by atoms with Gasteiger partial charge in [0.15, 0.2) is 0 Å². The van der Waals surface area contributed by atoms with Gasteiger partial charge in [-0.2, -0.15) is 0 Å². The molecule has 200 valence electrons. The molecular weight excluding hydrogens is 506 g/mol. The standard InChI is InChI=1S/C41H31N/c1-41(2)37-24-14-13-19-31(37)32-26-25-28(27-38(32)41)39-33-20-9-11-22-35(33)40(36-23-12-10-21-34(36)39)42(29-15-5-3-6-16-29)30-17-7-4-8-18-30/h3-27H,1-2H3. The number of hydrogen-bond acceptors (Lipinski definition) is 1. The Balaban J connectivity index is 1.45. The predicted octanol–water partition coefficient (Wildman–Crippen LogP) is 11.4. The fraction of sp³-hybridized carbons (Fsp3) is 0.0732. The highest BCUT2D eigenvalue weighted by Crippen LogP contribution is 2.52. The van der Waals surface area contributed by atoms with Gasteiger partial charge in [-0.25, -0.2) is 0 Å². The van der Waals surface area contributed by atoms with Crippen LogP contribution in [0.4, 0.5) is 17.1 Å². The molecule has 7 aromatic carbocycles. The van der Waals surface area contributed by atoms with Crippen LogP contribution in [0.5, 0.6) is 0 Å². The largest absolute Gasteiger partial charge is 0.309 e. The van der Waals surface area contributed by atoms with Gasteiger partial charge in [0.2, 0.25) is 0 Å². The first kappa shape index (κ1) is 24.6. The molecule has 0 fully saturated rings. The molecule has 0 aliphatic heterocycles. The van der Waals surface area contributed by atoms with E-state index in [4.69, 9.17) is 0 Å². The van der Waals surface area contributed by atoms with Crippen LogP contribution in [-0.4, -0.2) is 0 Å². The molecule has 0 bridgehead atoms. The van der Waals surface area contributed by atoms with Gasteiger partial charge in [0.1, 0.15) is 0 Å². The highest BCUT2D eigenvalue weighted by molar-refractivity contribution is 6.22. The van der Waals surface area contributed by atoms with E-state index in [0.717, 1.165) is 11.4 Å². The first-order chi connectivity index (χ1) is 20.6. The fourth-order valence-corrected chi connectivity index (χ4v) is 7.08. The molecule has 0 saturated carbocycles. The van der Waals surface area contributed by atoms with Crippen molar-refractivity contribution in [2.24, 2.45) is 0 Å². The zero-order valence-electron chi connectivity index (χ0n) is 23.9. The molecule has 0 amide bonds. The van der Waals surface area contributed by atoms with Crippen molar-refractivity contribution in [2.45, 2.75) is 19.3 Å². The molecule has 0 radical (unpaired) electrons. The first-order valence-electron chi connectivity index (χ1n) is 14.7. The van der Waals surface area contributed by atoms with Gasteiger partial charge in [0, 0.05) is 27.6 Å². The van der Waals surface area contributed by atoms with Gasteiger partial charge in [-0.3, -0.25) is 0 Å². The maximum atomic E-state index is 2.45. The molecule has 0 unspecified atom stereocenters. The van der Waals surface area contributed by atoms with E-state index < -0.39 is 0 Å². The van der Waals surface area contributed by atoms with E-state index in [1.54, 1.807) is 0 Å². The van der Waals surface area contributed by atoms with Gasteiger partial charge in [-0.05, 0) is 74.5 Å². The minimum absolute atomic E-state index is 0.0507. The van der Waals surface area contributed by atoms with Crippen LogP contribution in [0.2, 0.25) is 0 Å². The van der Waals surface area contributed by atoms with E-state index in [1.165, 1.54) is 60.6 Å². The molecule has 8 rings (SSSR count). The summed E-state index contributed by atoms with van der Waals surface area (Å²) < 4.78 is 0. The van der Waals surface area contributed by atoms with Crippen LogP contribution in [0.3, 0.4) is 0 Å². The molecule has 1 aliphatic carbocycles. The van der Waals surface area contributed by atoms with E-state index in [-0.39, 0.29) is 5.41 Å². The summed E-state index contributed by atoms with van der Waals surface area (Å²) >= 11 is 0.